The number of hydrogen-bond donors (Lipinski definition) is 0. The van der Waals surface area contributed by atoms with Crippen molar-refractivity contribution in [2.75, 3.05) is 13.2 Å². The van der Waals surface area contributed by atoms with Gasteiger partial charge in [0.05, 0.1) is 10.9 Å². The summed E-state index contributed by atoms with van der Waals surface area (Å²) in [5.74, 6) is 1.19. The summed E-state index contributed by atoms with van der Waals surface area (Å²) in [7, 11) is 1.83. The Morgan fingerprint density at radius 2 is 2.05 bits per heavy atom. The van der Waals surface area contributed by atoms with Gasteiger partial charge in [0, 0.05) is 31.0 Å². The number of alkyl halides is 1. The summed E-state index contributed by atoms with van der Waals surface area (Å²) in [5.41, 5.74) is 3.05. The molecule has 1 aromatic heterocycles. The molecule has 0 amide bonds. The van der Waals surface area contributed by atoms with Crippen LogP contribution < -0.4 is 5.56 Å². The Morgan fingerprint density at radius 1 is 1.36 bits per heavy atom. The van der Waals surface area contributed by atoms with E-state index in [2.05, 4.69) is 28.9 Å². The summed E-state index contributed by atoms with van der Waals surface area (Å²) in [5, 5.41) is 0.708. The molecule has 0 bridgehead atoms. The van der Waals surface area contributed by atoms with Gasteiger partial charge in [0.25, 0.3) is 5.56 Å². The third-order valence-corrected chi connectivity index (χ3v) is 4.90. The molecule has 1 aliphatic rings. The van der Waals surface area contributed by atoms with Crippen molar-refractivity contribution in [1.82, 2.24) is 9.55 Å². The molecule has 5 heteroatoms. The highest BCUT2D eigenvalue weighted by atomic mass is 79.9. The average Bonchev–Trinajstić information content (AvgIpc) is 2.51. The summed E-state index contributed by atoms with van der Waals surface area (Å²) in [6.07, 6.45) is 1.85. The lowest BCUT2D eigenvalue weighted by Gasteiger charge is -2.24. The van der Waals surface area contributed by atoms with Gasteiger partial charge in [0.15, 0.2) is 0 Å². The fourth-order valence-corrected chi connectivity index (χ4v) is 3.54. The highest BCUT2D eigenvalue weighted by Gasteiger charge is 2.22. The number of benzene rings is 1. The SMILES string of the molecule is Cc1cc(C(C)Br)c2nc(C3CCOCC3)n(C)c(=O)c2c1. The van der Waals surface area contributed by atoms with Gasteiger partial charge in [-0.15, -0.1) is 0 Å². The number of halogens is 1. The van der Waals surface area contributed by atoms with Crippen LogP contribution in [0.4, 0.5) is 0 Å². The van der Waals surface area contributed by atoms with Gasteiger partial charge in [-0.3, -0.25) is 9.36 Å². The van der Waals surface area contributed by atoms with Gasteiger partial charge in [-0.2, -0.15) is 0 Å². The van der Waals surface area contributed by atoms with E-state index in [4.69, 9.17) is 9.72 Å². The van der Waals surface area contributed by atoms with Gasteiger partial charge in [-0.25, -0.2) is 4.98 Å². The number of nitrogens with zero attached hydrogens (tertiary/aromatic N) is 2. The molecule has 2 aromatic rings. The molecule has 0 aliphatic carbocycles. The van der Waals surface area contributed by atoms with Crippen LogP contribution in [0.25, 0.3) is 10.9 Å². The van der Waals surface area contributed by atoms with Crippen molar-refractivity contribution in [1.29, 1.82) is 0 Å². The van der Waals surface area contributed by atoms with Gasteiger partial charge in [-0.1, -0.05) is 22.0 Å². The van der Waals surface area contributed by atoms with E-state index in [0.717, 1.165) is 48.5 Å². The Morgan fingerprint density at radius 3 is 2.68 bits per heavy atom. The van der Waals surface area contributed by atoms with E-state index in [1.165, 1.54) is 0 Å². The van der Waals surface area contributed by atoms with Crippen LogP contribution >= 0.6 is 15.9 Å². The van der Waals surface area contributed by atoms with E-state index in [9.17, 15) is 4.79 Å². The number of rotatable bonds is 2. The fraction of sp³-hybridized carbons (Fsp3) is 0.529. The summed E-state index contributed by atoms with van der Waals surface area (Å²) in [6.45, 7) is 5.58. The lowest BCUT2D eigenvalue weighted by atomic mass is 9.98. The quantitative estimate of drug-likeness (QED) is 0.764. The zero-order chi connectivity index (χ0) is 15.9. The Kier molecular flexibility index (Phi) is 4.37. The molecule has 0 saturated carbocycles. The molecule has 0 radical (unpaired) electrons. The van der Waals surface area contributed by atoms with Crippen LogP contribution in [0.5, 0.6) is 0 Å². The lowest BCUT2D eigenvalue weighted by molar-refractivity contribution is 0.0828. The molecule has 4 nitrogen and oxygen atoms in total. The van der Waals surface area contributed by atoms with E-state index in [1.807, 2.05) is 20.0 Å². The normalized spacial score (nSPS) is 17.8. The minimum Gasteiger partial charge on any atom is -0.381 e. The van der Waals surface area contributed by atoms with E-state index >= 15 is 0 Å². The van der Waals surface area contributed by atoms with Crippen LogP contribution in [0.2, 0.25) is 0 Å². The Balaban J connectivity index is 2.27. The van der Waals surface area contributed by atoms with Crippen molar-refractivity contribution in [3.63, 3.8) is 0 Å². The molecule has 22 heavy (non-hydrogen) atoms. The second-order valence-corrected chi connectivity index (χ2v) is 7.46. The predicted octanol–water partition coefficient (Wildman–Crippen LogP) is 3.59. The number of ether oxygens (including phenoxy) is 1. The molecule has 1 unspecified atom stereocenters. The molecule has 1 saturated heterocycles. The molecule has 1 fully saturated rings. The smallest absolute Gasteiger partial charge is 0.261 e. The number of fused-ring (bicyclic) bond motifs is 1. The first kappa shape index (κ1) is 15.7. The number of aromatic nitrogens is 2. The third-order valence-electron chi connectivity index (χ3n) is 4.40. The van der Waals surface area contributed by atoms with Crippen molar-refractivity contribution in [3.8, 4) is 0 Å². The average molecular weight is 365 g/mol. The van der Waals surface area contributed by atoms with Crippen molar-refractivity contribution in [2.24, 2.45) is 7.05 Å². The molecule has 2 heterocycles. The molecule has 1 aliphatic heterocycles. The van der Waals surface area contributed by atoms with E-state index in [1.54, 1.807) is 4.57 Å². The predicted molar refractivity (Wildman–Crippen MR) is 91.9 cm³/mol. The van der Waals surface area contributed by atoms with Gasteiger partial charge < -0.3 is 4.74 Å². The highest BCUT2D eigenvalue weighted by molar-refractivity contribution is 9.09. The van der Waals surface area contributed by atoms with Crippen LogP contribution in [0.15, 0.2) is 16.9 Å². The summed E-state index contributed by atoms with van der Waals surface area (Å²) >= 11 is 3.63. The number of hydrogen-bond acceptors (Lipinski definition) is 3. The van der Waals surface area contributed by atoms with Crippen molar-refractivity contribution < 1.29 is 4.74 Å². The topological polar surface area (TPSA) is 44.1 Å². The first-order valence-corrected chi connectivity index (χ1v) is 8.63. The second-order valence-electron chi connectivity index (χ2n) is 6.09. The van der Waals surface area contributed by atoms with Crippen molar-refractivity contribution in [2.45, 2.75) is 37.4 Å². The number of aryl methyl sites for hydroxylation is 1. The van der Waals surface area contributed by atoms with Crippen molar-refractivity contribution in [3.05, 3.63) is 39.4 Å². The van der Waals surface area contributed by atoms with Crippen LogP contribution in [-0.2, 0) is 11.8 Å². The molecular formula is C17H21BrN2O2. The third kappa shape index (κ3) is 2.72. The molecule has 118 valence electrons. The van der Waals surface area contributed by atoms with E-state index in [-0.39, 0.29) is 10.4 Å². The Bertz CT molecular complexity index is 761. The van der Waals surface area contributed by atoms with Gasteiger partial charge in [-0.05, 0) is 43.9 Å². The summed E-state index contributed by atoms with van der Waals surface area (Å²) in [4.78, 5) is 17.9. The van der Waals surface area contributed by atoms with Gasteiger partial charge in [0.2, 0.25) is 0 Å². The molecule has 3 rings (SSSR count). The maximum absolute atomic E-state index is 12.8. The molecule has 1 atom stereocenters. The summed E-state index contributed by atoms with van der Waals surface area (Å²) in [6, 6.07) is 4.05. The zero-order valence-electron chi connectivity index (χ0n) is 13.2. The van der Waals surface area contributed by atoms with Gasteiger partial charge >= 0.3 is 0 Å². The Hall–Kier alpha value is -1.20. The van der Waals surface area contributed by atoms with Crippen LogP contribution in [0, 0.1) is 6.92 Å². The highest BCUT2D eigenvalue weighted by Crippen LogP contribution is 2.31. The molecule has 0 spiro atoms. The first-order chi connectivity index (χ1) is 10.5. The molecule has 1 aromatic carbocycles. The largest absolute Gasteiger partial charge is 0.381 e. The van der Waals surface area contributed by atoms with Crippen LogP contribution in [0.3, 0.4) is 0 Å². The van der Waals surface area contributed by atoms with Gasteiger partial charge in [0.1, 0.15) is 5.82 Å². The molecular weight excluding hydrogens is 344 g/mol. The zero-order valence-corrected chi connectivity index (χ0v) is 14.8. The fourth-order valence-electron chi connectivity index (χ4n) is 3.19. The van der Waals surface area contributed by atoms with E-state index < -0.39 is 0 Å². The standard InChI is InChI=1S/C17H21BrN2O2/c1-10-8-13(11(2)18)15-14(9-10)17(21)20(3)16(19-15)12-4-6-22-7-5-12/h8-9,11-12H,4-7H2,1-3H3. The monoisotopic (exact) mass is 364 g/mol. The minimum absolute atomic E-state index is 0.0459. The Labute approximate surface area is 138 Å². The maximum atomic E-state index is 12.8. The minimum atomic E-state index is 0.0459. The second kappa shape index (κ2) is 6.13. The maximum Gasteiger partial charge on any atom is 0.261 e. The molecule has 0 N–H and O–H groups in total. The van der Waals surface area contributed by atoms with Crippen molar-refractivity contribution >= 4 is 26.8 Å². The first-order valence-electron chi connectivity index (χ1n) is 7.72. The lowest BCUT2D eigenvalue weighted by Crippen LogP contribution is -2.27. The van der Waals surface area contributed by atoms with Crippen LogP contribution in [-0.4, -0.2) is 22.8 Å². The van der Waals surface area contributed by atoms with E-state index in [0.29, 0.717) is 11.3 Å². The van der Waals surface area contributed by atoms with Crippen LogP contribution in [0.1, 0.15) is 47.5 Å². The summed E-state index contributed by atoms with van der Waals surface area (Å²) < 4.78 is 7.16.